The molecule has 1 amide bonds. The molecule has 1 unspecified atom stereocenters. The summed E-state index contributed by atoms with van der Waals surface area (Å²) >= 11 is 10.1. The number of nitrogens with one attached hydrogen (secondary N) is 1. The van der Waals surface area contributed by atoms with E-state index < -0.39 is 27.7 Å². The number of halogens is 3. The van der Waals surface area contributed by atoms with E-state index in [1.165, 1.54) is 28.6 Å². The Balaban J connectivity index is 1.74. The van der Waals surface area contributed by atoms with E-state index in [0.29, 0.717) is 19.4 Å². The Bertz CT molecular complexity index is 935. The second-order valence-corrected chi connectivity index (χ2v) is 10.9. The van der Waals surface area contributed by atoms with Gasteiger partial charge in [-0.1, -0.05) is 17.7 Å². The molecule has 5 nitrogen and oxygen atoms in total. The third-order valence-corrected chi connectivity index (χ3v) is 8.36. The molecule has 1 aromatic carbocycles. The molecular weight excluding hydrogens is 467 g/mol. The normalized spacial score (nSPS) is 18.7. The number of rotatable bonds is 4. The molecule has 0 bridgehead atoms. The highest BCUT2D eigenvalue weighted by Crippen LogP contribution is 2.31. The summed E-state index contributed by atoms with van der Waals surface area (Å²) in [7, 11) is -3.65. The van der Waals surface area contributed by atoms with Gasteiger partial charge in [0.25, 0.3) is 10.0 Å². The minimum atomic E-state index is -3.65. The molecule has 0 aliphatic carbocycles. The molecule has 3 rings (SSSR count). The number of sulfonamides is 1. The van der Waals surface area contributed by atoms with Crippen LogP contribution in [0.4, 0.5) is 10.1 Å². The van der Waals surface area contributed by atoms with Gasteiger partial charge in [-0.15, -0.1) is 11.3 Å². The molecule has 1 aliphatic heterocycles. The minimum Gasteiger partial charge on any atom is -0.323 e. The zero-order valence-electron chi connectivity index (χ0n) is 13.4. The van der Waals surface area contributed by atoms with Crippen LogP contribution in [-0.2, 0) is 14.8 Å². The van der Waals surface area contributed by atoms with Crippen LogP contribution < -0.4 is 5.32 Å². The van der Waals surface area contributed by atoms with Gasteiger partial charge in [0.1, 0.15) is 4.21 Å². The monoisotopic (exact) mass is 480 g/mol. The fourth-order valence-corrected chi connectivity index (χ4v) is 6.64. The minimum absolute atomic E-state index is 0.00957. The van der Waals surface area contributed by atoms with E-state index >= 15 is 0 Å². The summed E-state index contributed by atoms with van der Waals surface area (Å²) in [5.41, 5.74) is -0.00957. The lowest BCUT2D eigenvalue weighted by Crippen LogP contribution is -2.43. The third-order valence-electron chi connectivity index (χ3n) is 4.11. The highest BCUT2D eigenvalue weighted by Gasteiger charge is 2.34. The SMILES string of the molecule is O=C(Nc1cccc(Cl)c1F)C1CCCN(S(=O)(=O)c2ccc(Br)s2)C1. The number of hydrogen-bond acceptors (Lipinski definition) is 4. The molecule has 0 spiro atoms. The maximum absolute atomic E-state index is 14.0. The van der Waals surface area contributed by atoms with Gasteiger partial charge in [0.15, 0.2) is 5.82 Å². The van der Waals surface area contributed by atoms with E-state index in [1.54, 1.807) is 6.07 Å². The van der Waals surface area contributed by atoms with Crippen molar-refractivity contribution in [1.29, 1.82) is 0 Å². The highest BCUT2D eigenvalue weighted by atomic mass is 79.9. The Labute approximate surface area is 168 Å². The molecule has 2 aromatic rings. The van der Waals surface area contributed by atoms with Gasteiger partial charge >= 0.3 is 0 Å². The molecule has 0 saturated carbocycles. The standard InChI is InChI=1S/C16H15BrClFN2O3S2/c17-13-6-7-14(25-13)26(23,24)21-8-2-3-10(9-21)16(22)20-12-5-1-4-11(18)15(12)19/h1,4-7,10H,2-3,8-9H2,(H,20,22). The van der Waals surface area contributed by atoms with Gasteiger partial charge in [0.05, 0.1) is 20.4 Å². The van der Waals surface area contributed by atoms with Gasteiger partial charge in [0, 0.05) is 13.1 Å². The Morgan fingerprint density at radius 2 is 2.12 bits per heavy atom. The van der Waals surface area contributed by atoms with E-state index in [9.17, 15) is 17.6 Å². The fourth-order valence-electron chi connectivity index (χ4n) is 2.77. The predicted octanol–water partition coefficient (Wildman–Crippen LogP) is 4.34. The van der Waals surface area contributed by atoms with Crippen molar-refractivity contribution in [1.82, 2.24) is 4.31 Å². The van der Waals surface area contributed by atoms with E-state index in [2.05, 4.69) is 21.2 Å². The van der Waals surface area contributed by atoms with Crippen molar-refractivity contribution in [3.8, 4) is 0 Å². The Morgan fingerprint density at radius 3 is 2.81 bits per heavy atom. The first-order valence-corrected chi connectivity index (χ1v) is 11.2. The second kappa shape index (κ2) is 7.93. The number of carbonyl (C=O) groups excluding carboxylic acids is 1. The third kappa shape index (κ3) is 4.12. The molecule has 140 valence electrons. The van der Waals surface area contributed by atoms with Crippen molar-refractivity contribution >= 4 is 60.5 Å². The van der Waals surface area contributed by atoms with Crippen LogP contribution in [0.25, 0.3) is 0 Å². The summed E-state index contributed by atoms with van der Waals surface area (Å²) in [6.07, 6.45) is 1.09. The van der Waals surface area contributed by atoms with E-state index in [-0.39, 0.29) is 21.5 Å². The van der Waals surface area contributed by atoms with Crippen LogP contribution in [-0.4, -0.2) is 31.7 Å². The Hall–Kier alpha value is -1.000. The lowest BCUT2D eigenvalue weighted by Gasteiger charge is -2.30. The van der Waals surface area contributed by atoms with Gasteiger partial charge in [-0.05, 0) is 53.0 Å². The average molecular weight is 482 g/mol. The second-order valence-electron chi connectivity index (χ2n) is 5.85. The van der Waals surface area contributed by atoms with Crippen molar-refractivity contribution in [3.63, 3.8) is 0 Å². The van der Waals surface area contributed by atoms with Crippen molar-refractivity contribution in [2.45, 2.75) is 17.1 Å². The maximum Gasteiger partial charge on any atom is 0.252 e. The van der Waals surface area contributed by atoms with E-state index in [4.69, 9.17) is 11.6 Å². The van der Waals surface area contributed by atoms with Crippen molar-refractivity contribution < 1.29 is 17.6 Å². The number of carbonyl (C=O) groups is 1. The van der Waals surface area contributed by atoms with Crippen LogP contribution in [0.3, 0.4) is 0 Å². The summed E-state index contributed by atoms with van der Waals surface area (Å²) in [4.78, 5) is 12.5. The number of amides is 1. The number of anilines is 1. The van der Waals surface area contributed by atoms with E-state index in [0.717, 1.165) is 15.1 Å². The van der Waals surface area contributed by atoms with Crippen molar-refractivity contribution in [3.05, 3.63) is 45.0 Å². The summed E-state index contributed by atoms with van der Waals surface area (Å²) in [6.45, 7) is 0.416. The lowest BCUT2D eigenvalue weighted by molar-refractivity contribution is -0.120. The molecule has 1 aromatic heterocycles. The zero-order chi connectivity index (χ0) is 18.9. The first-order valence-electron chi connectivity index (χ1n) is 7.79. The lowest BCUT2D eigenvalue weighted by atomic mass is 9.98. The van der Waals surface area contributed by atoms with Gasteiger partial charge in [-0.2, -0.15) is 4.31 Å². The molecule has 1 N–H and O–H groups in total. The molecule has 2 heterocycles. The Kier molecular flexibility index (Phi) is 6.03. The summed E-state index contributed by atoms with van der Waals surface area (Å²) in [5.74, 6) is -1.68. The van der Waals surface area contributed by atoms with Crippen LogP contribution in [0.15, 0.2) is 38.3 Å². The smallest absolute Gasteiger partial charge is 0.252 e. The molecule has 1 fully saturated rings. The van der Waals surface area contributed by atoms with Crippen LogP contribution in [0.2, 0.25) is 5.02 Å². The number of nitrogens with zero attached hydrogens (tertiary/aromatic N) is 1. The molecular formula is C16H15BrClFN2O3S2. The molecule has 1 atom stereocenters. The van der Waals surface area contributed by atoms with E-state index in [1.807, 2.05) is 0 Å². The van der Waals surface area contributed by atoms with Crippen molar-refractivity contribution in [2.75, 3.05) is 18.4 Å². The molecule has 1 saturated heterocycles. The van der Waals surface area contributed by atoms with Crippen LogP contribution in [0.1, 0.15) is 12.8 Å². The Morgan fingerprint density at radius 1 is 1.35 bits per heavy atom. The molecule has 0 radical (unpaired) electrons. The van der Waals surface area contributed by atoms with Crippen molar-refractivity contribution in [2.24, 2.45) is 5.92 Å². The summed E-state index contributed by atoms with van der Waals surface area (Å²) < 4.78 is 41.7. The van der Waals surface area contributed by atoms with Gasteiger partial charge in [-0.3, -0.25) is 4.79 Å². The van der Waals surface area contributed by atoms with Crippen LogP contribution in [0, 0.1) is 11.7 Å². The predicted molar refractivity (Wildman–Crippen MR) is 104 cm³/mol. The topological polar surface area (TPSA) is 66.5 Å². The average Bonchev–Trinajstić information content (AvgIpc) is 3.06. The first kappa shape index (κ1) is 19.8. The number of benzene rings is 1. The summed E-state index contributed by atoms with van der Waals surface area (Å²) in [5, 5.41) is 2.43. The first-order chi connectivity index (χ1) is 12.3. The quantitative estimate of drug-likeness (QED) is 0.706. The molecule has 26 heavy (non-hydrogen) atoms. The number of thiophene rings is 1. The van der Waals surface area contributed by atoms with Crippen LogP contribution >= 0.6 is 38.9 Å². The largest absolute Gasteiger partial charge is 0.323 e. The highest BCUT2D eigenvalue weighted by molar-refractivity contribution is 9.11. The molecule has 10 heteroatoms. The van der Waals surface area contributed by atoms with Gasteiger partial charge in [-0.25, -0.2) is 12.8 Å². The summed E-state index contributed by atoms with van der Waals surface area (Å²) in [6, 6.07) is 7.55. The maximum atomic E-state index is 14.0. The van der Waals surface area contributed by atoms with Gasteiger partial charge < -0.3 is 5.32 Å². The fraction of sp³-hybridized carbons (Fsp3) is 0.312. The van der Waals surface area contributed by atoms with Crippen LogP contribution in [0.5, 0.6) is 0 Å². The molecule has 1 aliphatic rings. The number of piperidine rings is 1. The number of hydrogen-bond donors (Lipinski definition) is 1. The zero-order valence-corrected chi connectivity index (χ0v) is 17.4. The van der Waals surface area contributed by atoms with Gasteiger partial charge in [0.2, 0.25) is 5.91 Å².